The van der Waals surface area contributed by atoms with E-state index in [1.54, 1.807) is 0 Å². The van der Waals surface area contributed by atoms with E-state index in [4.69, 9.17) is 22.5 Å². The summed E-state index contributed by atoms with van der Waals surface area (Å²) in [5.74, 6) is -4.73. The summed E-state index contributed by atoms with van der Waals surface area (Å²) in [6, 6.07) is 3.61. The summed E-state index contributed by atoms with van der Waals surface area (Å²) < 4.78 is 53.6. The van der Waals surface area contributed by atoms with Gasteiger partial charge < -0.3 is 15.7 Å². The predicted octanol–water partition coefficient (Wildman–Crippen LogP) is 2.71. The first kappa shape index (κ1) is 15.4. The largest absolute Gasteiger partial charge is 0.486 e. The molecule has 0 heterocycles. The Bertz CT molecular complexity index is 483. The molecule has 0 bridgehead atoms. The summed E-state index contributed by atoms with van der Waals surface area (Å²) in [6.07, 6.45) is -3.83. The molecule has 0 fully saturated rings. The zero-order valence-corrected chi connectivity index (χ0v) is 10.0. The molecule has 0 unspecified atom stereocenters. The monoisotopic (exact) mass is 300 g/mol. The first-order valence-corrected chi connectivity index (χ1v) is 5.22. The van der Waals surface area contributed by atoms with Crippen molar-refractivity contribution in [3.05, 3.63) is 28.8 Å². The van der Waals surface area contributed by atoms with Gasteiger partial charge >= 0.3 is 12.3 Å². The minimum absolute atomic E-state index is 0.130. The predicted molar refractivity (Wildman–Crippen MR) is 60.4 cm³/mol. The smallest absolute Gasteiger partial charge is 0.340 e. The van der Waals surface area contributed by atoms with Crippen molar-refractivity contribution < 1.29 is 27.5 Å². The molecule has 0 aliphatic carbocycles. The minimum Gasteiger partial charge on any atom is -0.486 e. The van der Waals surface area contributed by atoms with Crippen molar-refractivity contribution in [1.82, 2.24) is 0 Å². The van der Waals surface area contributed by atoms with Crippen LogP contribution < -0.4 is 10.5 Å². The number of halogens is 5. The van der Waals surface area contributed by atoms with E-state index >= 15 is 0 Å². The van der Waals surface area contributed by atoms with E-state index in [1.807, 2.05) is 0 Å². The molecule has 0 radical (unpaired) electrons. The van der Waals surface area contributed by atoms with Gasteiger partial charge in [-0.2, -0.15) is 8.78 Å². The fourth-order valence-corrected chi connectivity index (χ4v) is 1.31. The van der Waals surface area contributed by atoms with E-state index in [0.29, 0.717) is 0 Å². The van der Waals surface area contributed by atoms with Crippen LogP contribution in [0.1, 0.15) is 5.56 Å². The Balaban J connectivity index is 2.82. The maximum atomic E-state index is 12.6. The van der Waals surface area contributed by atoms with Crippen molar-refractivity contribution in [3.8, 4) is 5.75 Å². The standard InChI is InChI=1S/C10H9ClF4N2O2/c11-6-3-5(8(16)17-18)1-2-7(6)19-4-10(14,15)9(12)13/h1-3,9,18H,4H2,(H2,16,17). The van der Waals surface area contributed by atoms with Crippen LogP contribution in [-0.4, -0.2) is 30.0 Å². The lowest BCUT2D eigenvalue weighted by atomic mass is 10.2. The zero-order valence-electron chi connectivity index (χ0n) is 9.29. The van der Waals surface area contributed by atoms with Crippen molar-refractivity contribution in [2.75, 3.05) is 6.61 Å². The quantitative estimate of drug-likeness (QED) is 0.289. The molecule has 0 spiro atoms. The molecule has 9 heteroatoms. The number of nitrogens with zero attached hydrogens (tertiary/aromatic N) is 1. The fourth-order valence-electron chi connectivity index (χ4n) is 1.07. The third-order valence-corrected chi connectivity index (χ3v) is 2.37. The number of nitrogens with two attached hydrogens (primary N) is 1. The molecule has 1 aromatic carbocycles. The third-order valence-electron chi connectivity index (χ3n) is 2.07. The molecule has 0 amide bonds. The second-order valence-electron chi connectivity index (χ2n) is 3.48. The van der Waals surface area contributed by atoms with E-state index in [-0.39, 0.29) is 22.2 Å². The maximum Gasteiger partial charge on any atom is 0.340 e. The van der Waals surface area contributed by atoms with Crippen molar-refractivity contribution in [2.45, 2.75) is 12.3 Å². The van der Waals surface area contributed by atoms with Gasteiger partial charge in [-0.3, -0.25) is 0 Å². The average Bonchev–Trinajstić information content (AvgIpc) is 2.36. The lowest BCUT2D eigenvalue weighted by Gasteiger charge is -2.16. The molecular weight excluding hydrogens is 292 g/mol. The molecule has 0 saturated heterocycles. The Hall–Kier alpha value is -1.70. The van der Waals surface area contributed by atoms with Gasteiger partial charge in [0.2, 0.25) is 0 Å². The van der Waals surface area contributed by atoms with Gasteiger partial charge in [-0.1, -0.05) is 16.8 Å². The number of rotatable bonds is 5. The third kappa shape index (κ3) is 3.88. The highest BCUT2D eigenvalue weighted by Crippen LogP contribution is 2.29. The van der Waals surface area contributed by atoms with E-state index in [1.165, 1.54) is 12.1 Å². The van der Waals surface area contributed by atoms with Crippen LogP contribution in [-0.2, 0) is 0 Å². The number of ether oxygens (including phenoxy) is 1. The average molecular weight is 301 g/mol. The van der Waals surface area contributed by atoms with Crippen LogP contribution in [0.2, 0.25) is 5.02 Å². The summed E-state index contributed by atoms with van der Waals surface area (Å²) in [5, 5.41) is 11.0. The van der Waals surface area contributed by atoms with E-state index < -0.39 is 19.0 Å². The molecule has 0 atom stereocenters. The Kier molecular flexibility index (Phi) is 4.82. The highest BCUT2D eigenvalue weighted by atomic mass is 35.5. The van der Waals surface area contributed by atoms with Gasteiger partial charge in [0.05, 0.1) is 5.02 Å². The summed E-state index contributed by atoms with van der Waals surface area (Å²) in [5.41, 5.74) is 5.50. The first-order valence-electron chi connectivity index (χ1n) is 4.84. The van der Waals surface area contributed by atoms with Crippen LogP contribution in [0.4, 0.5) is 17.6 Å². The van der Waals surface area contributed by atoms with Crippen molar-refractivity contribution >= 4 is 17.4 Å². The molecule has 0 aliphatic rings. The van der Waals surface area contributed by atoms with Gasteiger partial charge in [-0.05, 0) is 18.2 Å². The number of hydrogen-bond acceptors (Lipinski definition) is 3. The summed E-state index contributed by atoms with van der Waals surface area (Å²) in [6.45, 7) is -1.51. The van der Waals surface area contributed by atoms with E-state index in [9.17, 15) is 17.6 Å². The highest BCUT2D eigenvalue weighted by molar-refractivity contribution is 6.32. The molecular formula is C10H9ClF4N2O2. The molecule has 106 valence electrons. The molecule has 1 rings (SSSR count). The Morgan fingerprint density at radius 1 is 1.47 bits per heavy atom. The van der Waals surface area contributed by atoms with Gasteiger partial charge in [0, 0.05) is 5.56 Å². The molecule has 0 aromatic heterocycles. The normalized spacial score (nSPS) is 12.8. The fraction of sp³-hybridized carbons (Fsp3) is 0.300. The van der Waals surface area contributed by atoms with Crippen LogP contribution in [0.25, 0.3) is 0 Å². The van der Waals surface area contributed by atoms with Crippen LogP contribution in [0.3, 0.4) is 0 Å². The van der Waals surface area contributed by atoms with Gasteiger partial charge in [0.25, 0.3) is 0 Å². The number of benzene rings is 1. The van der Waals surface area contributed by atoms with Gasteiger partial charge in [0.1, 0.15) is 5.75 Å². The Labute approximate surface area is 110 Å². The molecule has 0 saturated carbocycles. The number of alkyl halides is 4. The van der Waals surface area contributed by atoms with Crippen molar-refractivity contribution in [3.63, 3.8) is 0 Å². The van der Waals surface area contributed by atoms with Crippen LogP contribution in [0.5, 0.6) is 5.75 Å². The number of hydrogen-bond donors (Lipinski definition) is 2. The number of oxime groups is 1. The Morgan fingerprint density at radius 2 is 2.11 bits per heavy atom. The first-order chi connectivity index (χ1) is 8.77. The highest BCUT2D eigenvalue weighted by Gasteiger charge is 2.41. The second kappa shape index (κ2) is 5.96. The van der Waals surface area contributed by atoms with Crippen molar-refractivity contribution in [1.29, 1.82) is 0 Å². The SMILES string of the molecule is N/C(=N/O)c1ccc(OCC(F)(F)C(F)F)c(Cl)c1. The zero-order chi connectivity index (χ0) is 14.6. The molecule has 1 aromatic rings. The van der Waals surface area contributed by atoms with Crippen molar-refractivity contribution in [2.24, 2.45) is 10.9 Å². The summed E-state index contributed by atoms with van der Waals surface area (Å²) in [7, 11) is 0. The molecule has 0 aliphatic heterocycles. The molecule has 19 heavy (non-hydrogen) atoms. The summed E-state index contributed by atoms with van der Waals surface area (Å²) >= 11 is 5.69. The Morgan fingerprint density at radius 3 is 2.58 bits per heavy atom. The lowest BCUT2D eigenvalue weighted by molar-refractivity contribution is -0.148. The van der Waals surface area contributed by atoms with E-state index in [0.717, 1.165) is 6.07 Å². The van der Waals surface area contributed by atoms with Gasteiger partial charge in [0.15, 0.2) is 12.4 Å². The summed E-state index contributed by atoms with van der Waals surface area (Å²) in [4.78, 5) is 0. The van der Waals surface area contributed by atoms with Crippen LogP contribution in [0.15, 0.2) is 23.4 Å². The van der Waals surface area contributed by atoms with Crippen LogP contribution >= 0.6 is 11.6 Å². The molecule has 4 nitrogen and oxygen atoms in total. The minimum atomic E-state index is -4.27. The number of amidine groups is 1. The molecule has 3 N–H and O–H groups in total. The van der Waals surface area contributed by atoms with Gasteiger partial charge in [-0.25, -0.2) is 8.78 Å². The van der Waals surface area contributed by atoms with Crippen LogP contribution in [0, 0.1) is 0 Å². The lowest BCUT2D eigenvalue weighted by Crippen LogP contribution is -2.33. The van der Waals surface area contributed by atoms with E-state index in [2.05, 4.69) is 9.89 Å². The topological polar surface area (TPSA) is 67.8 Å². The maximum absolute atomic E-state index is 12.6. The van der Waals surface area contributed by atoms with Gasteiger partial charge in [-0.15, -0.1) is 0 Å². The second-order valence-corrected chi connectivity index (χ2v) is 3.89.